The van der Waals surface area contributed by atoms with E-state index >= 15 is 0 Å². The lowest BCUT2D eigenvalue weighted by molar-refractivity contribution is 0.0954. The summed E-state index contributed by atoms with van der Waals surface area (Å²) in [5.41, 5.74) is 1.05. The second kappa shape index (κ2) is 6.05. The second-order valence-corrected chi connectivity index (χ2v) is 5.22. The van der Waals surface area contributed by atoms with Crippen molar-refractivity contribution in [1.29, 1.82) is 0 Å². The first-order chi connectivity index (χ1) is 8.20. The zero-order valence-corrected chi connectivity index (χ0v) is 11.4. The van der Waals surface area contributed by atoms with Gasteiger partial charge in [-0.15, -0.1) is 0 Å². The van der Waals surface area contributed by atoms with Crippen molar-refractivity contribution >= 4 is 23.2 Å². The molecule has 1 fully saturated rings. The maximum Gasteiger partial charge on any atom is 0.0594 e. The Morgan fingerprint density at radius 3 is 2.94 bits per heavy atom. The van der Waals surface area contributed by atoms with E-state index in [4.69, 9.17) is 27.9 Å². The third-order valence-corrected chi connectivity index (χ3v) is 3.78. The highest BCUT2D eigenvalue weighted by Crippen LogP contribution is 2.31. The van der Waals surface area contributed by atoms with Gasteiger partial charge in [0, 0.05) is 22.7 Å². The molecule has 2 atom stereocenters. The molecular weight excluding hydrogens is 257 g/mol. The normalized spacial score (nSPS) is 21.7. The molecule has 1 aromatic carbocycles. The summed E-state index contributed by atoms with van der Waals surface area (Å²) < 4.78 is 5.66. The molecule has 2 rings (SSSR count). The van der Waals surface area contributed by atoms with Crippen molar-refractivity contribution in [2.45, 2.75) is 31.4 Å². The minimum Gasteiger partial charge on any atom is -0.378 e. The average Bonchev–Trinajstić information content (AvgIpc) is 2.82. The van der Waals surface area contributed by atoms with Crippen LogP contribution >= 0.6 is 23.2 Å². The van der Waals surface area contributed by atoms with E-state index in [1.54, 1.807) is 0 Å². The van der Waals surface area contributed by atoms with Gasteiger partial charge in [-0.25, -0.2) is 0 Å². The third-order valence-electron chi connectivity index (χ3n) is 3.20. The van der Waals surface area contributed by atoms with Crippen LogP contribution in [0.4, 0.5) is 0 Å². The number of benzene rings is 1. The summed E-state index contributed by atoms with van der Waals surface area (Å²) in [6.45, 7) is 0.879. The molecule has 1 heterocycles. The molecule has 0 bridgehead atoms. The summed E-state index contributed by atoms with van der Waals surface area (Å²) in [7, 11) is 1.94. The van der Waals surface area contributed by atoms with Crippen LogP contribution in [0.2, 0.25) is 10.0 Å². The predicted molar refractivity (Wildman–Crippen MR) is 71.9 cm³/mol. The lowest BCUT2D eigenvalue weighted by Crippen LogP contribution is -2.22. The third kappa shape index (κ3) is 3.35. The molecule has 2 unspecified atom stereocenters. The van der Waals surface area contributed by atoms with Crippen LogP contribution in [0, 0.1) is 0 Å². The van der Waals surface area contributed by atoms with Gasteiger partial charge in [-0.2, -0.15) is 0 Å². The standard InChI is InChI=1S/C13H17Cl2NO/c1-16-13(8-10-3-2-6-17-10)11-7-9(14)4-5-12(11)15/h4-5,7,10,13,16H,2-3,6,8H2,1H3. The minimum atomic E-state index is 0.198. The number of ether oxygens (including phenoxy) is 1. The van der Waals surface area contributed by atoms with Gasteiger partial charge in [-0.3, -0.25) is 0 Å². The molecular formula is C13H17Cl2NO. The van der Waals surface area contributed by atoms with Crippen LogP contribution in [0.25, 0.3) is 0 Å². The fourth-order valence-electron chi connectivity index (χ4n) is 2.28. The highest BCUT2D eigenvalue weighted by Gasteiger charge is 2.22. The fourth-order valence-corrected chi connectivity index (χ4v) is 2.70. The van der Waals surface area contributed by atoms with E-state index < -0.39 is 0 Å². The zero-order chi connectivity index (χ0) is 12.3. The van der Waals surface area contributed by atoms with Crippen molar-refractivity contribution < 1.29 is 4.74 Å². The van der Waals surface area contributed by atoms with E-state index in [2.05, 4.69) is 5.32 Å². The Balaban J connectivity index is 2.13. The maximum absolute atomic E-state index is 6.22. The topological polar surface area (TPSA) is 21.3 Å². The molecule has 1 saturated heterocycles. The van der Waals surface area contributed by atoms with E-state index in [0.717, 1.165) is 41.5 Å². The van der Waals surface area contributed by atoms with Gasteiger partial charge in [0.05, 0.1) is 6.10 Å². The molecule has 0 radical (unpaired) electrons. The first-order valence-electron chi connectivity index (χ1n) is 5.94. The maximum atomic E-state index is 6.22. The summed E-state index contributed by atoms with van der Waals surface area (Å²) in [6.07, 6.45) is 3.57. The Hall–Kier alpha value is -0.280. The molecule has 0 amide bonds. The van der Waals surface area contributed by atoms with Gasteiger partial charge in [0.25, 0.3) is 0 Å². The van der Waals surface area contributed by atoms with Gasteiger partial charge in [0.1, 0.15) is 0 Å². The minimum absolute atomic E-state index is 0.198. The van der Waals surface area contributed by atoms with E-state index in [9.17, 15) is 0 Å². The molecule has 4 heteroatoms. The highest BCUT2D eigenvalue weighted by atomic mass is 35.5. The number of halogens is 2. The van der Waals surface area contributed by atoms with E-state index in [1.165, 1.54) is 0 Å². The summed E-state index contributed by atoms with van der Waals surface area (Å²) >= 11 is 12.2. The molecule has 94 valence electrons. The first-order valence-corrected chi connectivity index (χ1v) is 6.70. The van der Waals surface area contributed by atoms with Crippen molar-refractivity contribution in [2.24, 2.45) is 0 Å². The first kappa shape index (κ1) is 13.2. The zero-order valence-electron chi connectivity index (χ0n) is 9.88. The summed E-state index contributed by atoms with van der Waals surface area (Å²) in [6, 6.07) is 5.79. The predicted octanol–water partition coefficient (Wildman–Crippen LogP) is 3.82. The van der Waals surface area contributed by atoms with Gasteiger partial charge in [0.15, 0.2) is 0 Å². The van der Waals surface area contributed by atoms with Gasteiger partial charge < -0.3 is 10.1 Å². The highest BCUT2D eigenvalue weighted by molar-refractivity contribution is 6.33. The van der Waals surface area contributed by atoms with Gasteiger partial charge in [-0.05, 0) is 50.1 Å². The smallest absolute Gasteiger partial charge is 0.0594 e. The molecule has 1 aliphatic heterocycles. The van der Waals surface area contributed by atoms with Crippen LogP contribution in [0.3, 0.4) is 0 Å². The monoisotopic (exact) mass is 273 g/mol. The Bertz CT molecular complexity index is 378. The molecule has 0 spiro atoms. The molecule has 2 nitrogen and oxygen atoms in total. The van der Waals surface area contributed by atoms with E-state index in [1.807, 2.05) is 25.2 Å². The Labute approximate surface area is 112 Å². The van der Waals surface area contributed by atoms with Crippen molar-refractivity contribution in [3.8, 4) is 0 Å². The second-order valence-electron chi connectivity index (χ2n) is 4.38. The molecule has 0 aliphatic carbocycles. The number of rotatable bonds is 4. The van der Waals surface area contributed by atoms with Gasteiger partial charge in [0.2, 0.25) is 0 Å². The quantitative estimate of drug-likeness (QED) is 0.901. The van der Waals surface area contributed by atoms with Crippen molar-refractivity contribution in [2.75, 3.05) is 13.7 Å². The van der Waals surface area contributed by atoms with Crippen LogP contribution in [0.1, 0.15) is 30.9 Å². The Morgan fingerprint density at radius 1 is 1.47 bits per heavy atom. The molecule has 17 heavy (non-hydrogen) atoms. The number of nitrogens with one attached hydrogen (secondary N) is 1. The molecule has 1 aliphatic rings. The SMILES string of the molecule is CNC(CC1CCCO1)c1cc(Cl)ccc1Cl. The van der Waals surface area contributed by atoms with Crippen LogP contribution in [-0.4, -0.2) is 19.8 Å². The average molecular weight is 274 g/mol. The Kier molecular flexibility index (Phi) is 4.69. The molecule has 0 saturated carbocycles. The van der Waals surface area contributed by atoms with Crippen molar-refractivity contribution in [1.82, 2.24) is 5.32 Å². The summed E-state index contributed by atoms with van der Waals surface area (Å²) in [5.74, 6) is 0. The fraction of sp³-hybridized carbons (Fsp3) is 0.538. The molecule has 1 N–H and O–H groups in total. The van der Waals surface area contributed by atoms with E-state index in [0.29, 0.717) is 6.10 Å². The van der Waals surface area contributed by atoms with Crippen LogP contribution in [0.15, 0.2) is 18.2 Å². The largest absolute Gasteiger partial charge is 0.378 e. The molecule has 0 aromatic heterocycles. The van der Waals surface area contributed by atoms with Crippen LogP contribution in [0.5, 0.6) is 0 Å². The van der Waals surface area contributed by atoms with Gasteiger partial charge in [-0.1, -0.05) is 23.2 Å². The molecule has 1 aromatic rings. The van der Waals surface area contributed by atoms with Crippen LogP contribution in [-0.2, 0) is 4.74 Å². The summed E-state index contributed by atoms with van der Waals surface area (Å²) in [5, 5.41) is 4.77. The van der Waals surface area contributed by atoms with Crippen LogP contribution < -0.4 is 5.32 Å². The Morgan fingerprint density at radius 2 is 2.29 bits per heavy atom. The lowest BCUT2D eigenvalue weighted by atomic mass is 9.99. The van der Waals surface area contributed by atoms with Crippen molar-refractivity contribution in [3.63, 3.8) is 0 Å². The van der Waals surface area contributed by atoms with E-state index in [-0.39, 0.29) is 6.04 Å². The lowest BCUT2D eigenvalue weighted by Gasteiger charge is -2.21. The summed E-state index contributed by atoms with van der Waals surface area (Å²) in [4.78, 5) is 0. The number of hydrogen-bond donors (Lipinski definition) is 1. The number of hydrogen-bond acceptors (Lipinski definition) is 2. The van der Waals surface area contributed by atoms with Gasteiger partial charge >= 0.3 is 0 Å². The van der Waals surface area contributed by atoms with Crippen molar-refractivity contribution in [3.05, 3.63) is 33.8 Å².